The zero-order valence-corrected chi connectivity index (χ0v) is 22.4. The molecule has 9 heteroatoms. The van der Waals surface area contributed by atoms with Crippen molar-refractivity contribution in [2.24, 2.45) is 7.05 Å². The maximum absolute atomic E-state index is 13.5. The van der Waals surface area contributed by atoms with Crippen molar-refractivity contribution in [2.75, 3.05) is 18.1 Å². The number of rotatable bonds is 9. The summed E-state index contributed by atoms with van der Waals surface area (Å²) >= 11 is 6.73. The molecule has 1 amide bonds. The second-order valence-electron chi connectivity index (χ2n) is 8.27. The molecule has 0 atom stereocenters. The van der Waals surface area contributed by atoms with Crippen molar-refractivity contribution >= 4 is 46.0 Å². The molecular formula is C27H29N3O4S2. The molecule has 3 aromatic rings. The Bertz CT molecular complexity index is 1380. The SMILES string of the molecule is CCCCOc1ccc(/C=C2\SC(=S)N(c3c(C)n(C)n(-c4ccccc4)c3=O)C2=O)cc1OCC. The average molecular weight is 524 g/mol. The fraction of sp³-hybridized carbons (Fsp3) is 0.296. The van der Waals surface area contributed by atoms with Crippen LogP contribution in [0.4, 0.5) is 5.69 Å². The van der Waals surface area contributed by atoms with E-state index in [9.17, 15) is 9.59 Å². The first-order valence-electron chi connectivity index (χ1n) is 11.9. The molecule has 0 spiro atoms. The van der Waals surface area contributed by atoms with E-state index in [2.05, 4.69) is 6.92 Å². The monoisotopic (exact) mass is 523 g/mol. The van der Waals surface area contributed by atoms with Crippen molar-refractivity contribution in [3.63, 3.8) is 0 Å². The van der Waals surface area contributed by atoms with E-state index in [-0.39, 0.29) is 17.2 Å². The van der Waals surface area contributed by atoms with Gasteiger partial charge in [-0.05, 0) is 56.2 Å². The Kier molecular flexibility index (Phi) is 8.01. The number of thioether (sulfide) groups is 1. The number of carbonyl (C=O) groups is 1. The van der Waals surface area contributed by atoms with Gasteiger partial charge in [0.05, 0.1) is 29.5 Å². The summed E-state index contributed by atoms with van der Waals surface area (Å²) in [5.41, 5.74) is 2.11. The number of unbranched alkanes of at least 4 members (excludes halogenated alkanes) is 1. The first kappa shape index (κ1) is 25.8. The van der Waals surface area contributed by atoms with Gasteiger partial charge in [-0.3, -0.25) is 19.2 Å². The van der Waals surface area contributed by atoms with Gasteiger partial charge in [-0.25, -0.2) is 4.68 Å². The lowest BCUT2D eigenvalue weighted by Gasteiger charge is -2.13. The molecule has 4 rings (SSSR count). The second-order valence-corrected chi connectivity index (χ2v) is 9.94. The third-order valence-electron chi connectivity index (χ3n) is 5.86. The summed E-state index contributed by atoms with van der Waals surface area (Å²) in [5.74, 6) is 0.982. The summed E-state index contributed by atoms with van der Waals surface area (Å²) in [6.07, 6.45) is 3.77. The molecule has 0 bridgehead atoms. The van der Waals surface area contributed by atoms with Gasteiger partial charge in [-0.15, -0.1) is 0 Å². The Labute approximate surface area is 220 Å². The van der Waals surface area contributed by atoms with Crippen LogP contribution in [-0.2, 0) is 11.8 Å². The predicted octanol–water partition coefficient (Wildman–Crippen LogP) is 5.47. The van der Waals surface area contributed by atoms with Crippen LogP contribution in [0.3, 0.4) is 0 Å². The van der Waals surface area contributed by atoms with E-state index in [1.54, 1.807) is 22.5 Å². The van der Waals surface area contributed by atoms with Crippen molar-refractivity contribution < 1.29 is 14.3 Å². The van der Waals surface area contributed by atoms with Crippen LogP contribution in [-0.4, -0.2) is 32.8 Å². The van der Waals surface area contributed by atoms with E-state index in [0.29, 0.717) is 45.3 Å². The van der Waals surface area contributed by atoms with Crippen molar-refractivity contribution in [2.45, 2.75) is 33.6 Å². The highest BCUT2D eigenvalue weighted by atomic mass is 32.2. The number of carbonyl (C=O) groups excluding carboxylic acids is 1. The minimum absolute atomic E-state index is 0.266. The smallest absolute Gasteiger partial charge is 0.296 e. The number of amides is 1. The van der Waals surface area contributed by atoms with Crippen LogP contribution in [0.1, 0.15) is 37.9 Å². The predicted molar refractivity (Wildman–Crippen MR) is 149 cm³/mol. The van der Waals surface area contributed by atoms with Crippen molar-refractivity contribution in [3.8, 4) is 17.2 Å². The Morgan fingerprint density at radius 2 is 1.78 bits per heavy atom. The lowest BCUT2D eigenvalue weighted by molar-refractivity contribution is -0.113. The Balaban J connectivity index is 1.67. The molecule has 1 aliphatic rings. The van der Waals surface area contributed by atoms with Gasteiger partial charge >= 0.3 is 0 Å². The van der Waals surface area contributed by atoms with Crippen LogP contribution in [0.5, 0.6) is 11.5 Å². The normalized spacial score (nSPS) is 14.7. The standard InChI is InChI=1S/C27H29N3O4S2/c1-5-7-15-34-21-14-13-19(16-22(21)33-6-2)17-23-25(31)29(27(35)36-23)24-18(3)28(4)30(26(24)32)20-11-9-8-10-12-20/h8-14,16-17H,5-7,15H2,1-4H3/b23-17-. The zero-order valence-electron chi connectivity index (χ0n) is 20.8. The summed E-state index contributed by atoms with van der Waals surface area (Å²) in [7, 11) is 1.79. The molecule has 2 heterocycles. The molecule has 0 radical (unpaired) electrons. The van der Waals surface area contributed by atoms with Gasteiger partial charge in [0.2, 0.25) is 0 Å². The molecule has 36 heavy (non-hydrogen) atoms. The summed E-state index contributed by atoms with van der Waals surface area (Å²) in [5, 5.41) is 0. The third-order valence-corrected chi connectivity index (χ3v) is 7.16. The number of aromatic nitrogens is 2. The van der Waals surface area contributed by atoms with Crippen molar-refractivity contribution in [3.05, 3.63) is 75.0 Å². The van der Waals surface area contributed by atoms with E-state index >= 15 is 0 Å². The number of nitrogens with zero attached hydrogens (tertiary/aromatic N) is 3. The highest BCUT2D eigenvalue weighted by Gasteiger charge is 2.37. The largest absolute Gasteiger partial charge is 0.490 e. The minimum atomic E-state index is -0.322. The van der Waals surface area contributed by atoms with Crippen LogP contribution in [0, 0.1) is 6.92 Å². The van der Waals surface area contributed by atoms with Gasteiger partial charge < -0.3 is 9.47 Å². The second kappa shape index (κ2) is 11.2. The maximum Gasteiger partial charge on any atom is 0.296 e. The first-order chi connectivity index (χ1) is 17.4. The molecular weight excluding hydrogens is 494 g/mol. The van der Waals surface area contributed by atoms with E-state index < -0.39 is 0 Å². The molecule has 1 saturated heterocycles. The average Bonchev–Trinajstić information content (AvgIpc) is 3.26. The maximum atomic E-state index is 13.5. The van der Waals surface area contributed by atoms with Crippen LogP contribution >= 0.6 is 24.0 Å². The van der Waals surface area contributed by atoms with E-state index in [4.69, 9.17) is 21.7 Å². The van der Waals surface area contributed by atoms with Crippen molar-refractivity contribution in [1.29, 1.82) is 0 Å². The van der Waals surface area contributed by atoms with Crippen molar-refractivity contribution in [1.82, 2.24) is 9.36 Å². The summed E-state index contributed by atoms with van der Waals surface area (Å²) in [6, 6.07) is 14.9. The summed E-state index contributed by atoms with van der Waals surface area (Å²) in [6.45, 7) is 6.95. The fourth-order valence-corrected chi connectivity index (χ4v) is 5.22. The number of benzene rings is 2. The molecule has 0 N–H and O–H groups in total. The van der Waals surface area contributed by atoms with Crippen LogP contribution in [0.25, 0.3) is 11.8 Å². The third kappa shape index (κ3) is 4.99. The molecule has 1 aliphatic heterocycles. The molecule has 1 aromatic heterocycles. The van der Waals surface area contributed by atoms with Gasteiger partial charge in [0.15, 0.2) is 15.8 Å². The molecule has 0 aliphatic carbocycles. The van der Waals surface area contributed by atoms with Gasteiger partial charge in [-0.1, -0.05) is 61.6 Å². The highest BCUT2D eigenvalue weighted by Crippen LogP contribution is 2.37. The van der Waals surface area contributed by atoms with Crippen LogP contribution in [0.15, 0.2) is 58.2 Å². The van der Waals surface area contributed by atoms with Gasteiger partial charge in [-0.2, -0.15) is 0 Å². The van der Waals surface area contributed by atoms with Crippen LogP contribution < -0.4 is 19.9 Å². The van der Waals surface area contributed by atoms with Crippen LogP contribution in [0.2, 0.25) is 0 Å². The molecule has 1 fully saturated rings. The first-order valence-corrected chi connectivity index (χ1v) is 13.1. The van der Waals surface area contributed by atoms with Gasteiger partial charge in [0, 0.05) is 7.05 Å². The summed E-state index contributed by atoms with van der Waals surface area (Å²) in [4.78, 5) is 28.7. The molecule has 7 nitrogen and oxygen atoms in total. The quantitative estimate of drug-likeness (QED) is 0.211. The molecule has 188 valence electrons. The van der Waals surface area contributed by atoms with E-state index in [0.717, 1.165) is 18.4 Å². The van der Waals surface area contributed by atoms with Gasteiger partial charge in [0.1, 0.15) is 5.69 Å². The number of hydrogen-bond donors (Lipinski definition) is 0. The number of ether oxygens (including phenoxy) is 2. The number of anilines is 1. The topological polar surface area (TPSA) is 65.7 Å². The lowest BCUT2D eigenvalue weighted by Crippen LogP contribution is -2.33. The highest BCUT2D eigenvalue weighted by molar-refractivity contribution is 8.27. The Morgan fingerprint density at radius 1 is 1.03 bits per heavy atom. The fourth-order valence-electron chi connectivity index (χ4n) is 3.95. The summed E-state index contributed by atoms with van der Waals surface area (Å²) < 4.78 is 15.2. The van der Waals surface area contributed by atoms with E-state index in [1.165, 1.54) is 16.7 Å². The molecule has 2 aromatic carbocycles. The molecule has 0 unspecified atom stereocenters. The minimum Gasteiger partial charge on any atom is -0.490 e. The molecule has 0 saturated carbocycles. The lowest BCUT2D eigenvalue weighted by atomic mass is 10.1. The Morgan fingerprint density at radius 3 is 2.47 bits per heavy atom. The number of thiocarbonyl (C=S) groups is 1. The van der Waals surface area contributed by atoms with E-state index in [1.807, 2.05) is 62.4 Å². The zero-order chi connectivity index (χ0) is 25.8. The number of para-hydroxylation sites is 1. The van der Waals surface area contributed by atoms with Gasteiger partial charge in [0.25, 0.3) is 11.5 Å². The Hall–Kier alpha value is -3.30. The number of hydrogen-bond acceptors (Lipinski definition) is 6.